The minimum Gasteiger partial charge on any atom is -0.326 e. The first-order valence-electron chi connectivity index (χ1n) is 5.72. The minimum atomic E-state index is -0.209. The summed E-state index contributed by atoms with van der Waals surface area (Å²) in [6, 6.07) is 3.31. The highest BCUT2D eigenvalue weighted by Crippen LogP contribution is 2.26. The molecule has 18 heavy (non-hydrogen) atoms. The van der Waals surface area contributed by atoms with Crippen LogP contribution in [0.2, 0.25) is 0 Å². The average molecular weight is 381 g/mol. The molecule has 2 nitrogen and oxygen atoms in total. The molecule has 0 atom stereocenters. The predicted octanol–water partition coefficient (Wildman–Crippen LogP) is 4.56. The molecule has 0 bridgehead atoms. The van der Waals surface area contributed by atoms with Crippen LogP contribution in [0, 0.1) is 14.8 Å². The Kier molecular flexibility index (Phi) is 3.88. The van der Waals surface area contributed by atoms with Crippen molar-refractivity contribution in [2.45, 2.75) is 33.2 Å². The topological polar surface area (TPSA) is 17.8 Å². The van der Waals surface area contributed by atoms with E-state index < -0.39 is 0 Å². The highest BCUT2D eigenvalue weighted by Gasteiger charge is 2.18. The van der Waals surface area contributed by atoms with Gasteiger partial charge in [0.2, 0.25) is 0 Å². The van der Waals surface area contributed by atoms with Crippen LogP contribution in [0.25, 0.3) is 11.0 Å². The van der Waals surface area contributed by atoms with Crippen molar-refractivity contribution < 1.29 is 4.39 Å². The van der Waals surface area contributed by atoms with Crippen molar-refractivity contribution in [3.8, 4) is 0 Å². The van der Waals surface area contributed by atoms with Gasteiger partial charge in [-0.1, -0.05) is 20.8 Å². The number of imidazole rings is 1. The van der Waals surface area contributed by atoms with Crippen LogP contribution in [0.5, 0.6) is 0 Å². The molecule has 0 unspecified atom stereocenters. The number of aromatic nitrogens is 2. The molecule has 2 aromatic rings. The van der Waals surface area contributed by atoms with E-state index in [9.17, 15) is 4.39 Å². The zero-order valence-electron chi connectivity index (χ0n) is 10.6. The van der Waals surface area contributed by atoms with Crippen molar-refractivity contribution in [2.75, 3.05) is 0 Å². The van der Waals surface area contributed by atoms with Crippen LogP contribution in [-0.4, -0.2) is 9.55 Å². The Morgan fingerprint density at radius 1 is 1.39 bits per heavy atom. The van der Waals surface area contributed by atoms with Gasteiger partial charge in [-0.15, -0.1) is 11.6 Å². The summed E-state index contributed by atoms with van der Waals surface area (Å²) < 4.78 is 16.3. The molecule has 98 valence electrons. The number of alkyl halides is 1. The summed E-state index contributed by atoms with van der Waals surface area (Å²) >= 11 is 7.91. The molecule has 0 amide bonds. The molecule has 0 aliphatic carbocycles. The van der Waals surface area contributed by atoms with Crippen LogP contribution in [-0.2, 0) is 12.4 Å². The number of benzene rings is 1. The number of hydrogen-bond acceptors (Lipinski definition) is 1. The zero-order valence-corrected chi connectivity index (χ0v) is 13.5. The first kappa shape index (κ1) is 14.1. The summed E-state index contributed by atoms with van der Waals surface area (Å²) in [5.41, 5.74) is 1.72. The summed E-state index contributed by atoms with van der Waals surface area (Å²) in [4.78, 5) is 4.48. The Morgan fingerprint density at radius 2 is 2.06 bits per heavy atom. The molecular formula is C13H15ClFIN2. The van der Waals surface area contributed by atoms with Gasteiger partial charge in [0, 0.05) is 12.6 Å². The van der Waals surface area contributed by atoms with Crippen LogP contribution in [0.3, 0.4) is 0 Å². The molecule has 0 aliphatic heterocycles. The number of hydrogen-bond donors (Lipinski definition) is 0. The van der Waals surface area contributed by atoms with Crippen molar-refractivity contribution in [3.63, 3.8) is 0 Å². The van der Waals surface area contributed by atoms with Gasteiger partial charge >= 0.3 is 0 Å². The molecular weight excluding hydrogens is 366 g/mol. The van der Waals surface area contributed by atoms with Gasteiger partial charge in [0.1, 0.15) is 11.6 Å². The number of halogens is 3. The van der Waals surface area contributed by atoms with E-state index in [0.29, 0.717) is 9.45 Å². The second-order valence-corrected chi connectivity index (χ2v) is 6.99. The van der Waals surface area contributed by atoms with Gasteiger partial charge < -0.3 is 4.57 Å². The maximum atomic E-state index is 13.7. The third kappa shape index (κ3) is 2.79. The Labute approximate surface area is 125 Å². The standard InChI is InChI=1S/C13H15ClFIN2/c1-13(2,3)7-18-11-4-8(15)9(16)5-10(11)17-12(18)6-14/h4-5H,6-7H2,1-3H3. The molecule has 5 heteroatoms. The monoisotopic (exact) mass is 380 g/mol. The van der Waals surface area contributed by atoms with Gasteiger partial charge in [-0.3, -0.25) is 0 Å². The molecule has 0 saturated heterocycles. The molecule has 0 N–H and O–H groups in total. The molecule has 0 spiro atoms. The molecule has 0 radical (unpaired) electrons. The lowest BCUT2D eigenvalue weighted by Crippen LogP contribution is -2.17. The van der Waals surface area contributed by atoms with E-state index in [1.54, 1.807) is 12.1 Å². The highest BCUT2D eigenvalue weighted by atomic mass is 127. The minimum absolute atomic E-state index is 0.0912. The first-order valence-corrected chi connectivity index (χ1v) is 7.33. The Balaban J connectivity index is 2.65. The maximum absolute atomic E-state index is 13.7. The Morgan fingerprint density at radius 3 is 2.61 bits per heavy atom. The van der Waals surface area contributed by atoms with E-state index in [1.165, 1.54) is 0 Å². The average Bonchev–Trinajstić information content (AvgIpc) is 2.55. The fourth-order valence-electron chi connectivity index (χ4n) is 1.92. The van der Waals surface area contributed by atoms with Crippen molar-refractivity contribution in [2.24, 2.45) is 5.41 Å². The summed E-state index contributed by atoms with van der Waals surface area (Å²) in [7, 11) is 0. The van der Waals surface area contributed by atoms with Crippen molar-refractivity contribution in [3.05, 3.63) is 27.3 Å². The largest absolute Gasteiger partial charge is 0.326 e. The van der Waals surface area contributed by atoms with Gasteiger partial charge in [-0.05, 0) is 34.1 Å². The van der Waals surface area contributed by atoms with Crippen LogP contribution < -0.4 is 0 Å². The summed E-state index contributed by atoms with van der Waals surface area (Å²) in [5.74, 6) is 0.922. The molecule has 0 saturated carbocycles. The summed E-state index contributed by atoms with van der Waals surface area (Å²) in [5, 5.41) is 0. The van der Waals surface area contributed by atoms with E-state index in [0.717, 1.165) is 23.4 Å². The van der Waals surface area contributed by atoms with Crippen molar-refractivity contribution in [1.82, 2.24) is 9.55 Å². The van der Waals surface area contributed by atoms with Crippen LogP contribution in [0.1, 0.15) is 26.6 Å². The molecule has 1 aromatic heterocycles. The Bertz CT molecular complexity index is 587. The van der Waals surface area contributed by atoms with E-state index in [4.69, 9.17) is 11.6 Å². The smallest absolute Gasteiger partial charge is 0.138 e. The lowest BCUT2D eigenvalue weighted by atomic mass is 9.97. The van der Waals surface area contributed by atoms with Crippen LogP contribution >= 0.6 is 34.2 Å². The molecule has 0 aliphatic rings. The fraction of sp³-hybridized carbons (Fsp3) is 0.462. The van der Waals surface area contributed by atoms with Crippen molar-refractivity contribution >= 4 is 45.2 Å². The highest BCUT2D eigenvalue weighted by molar-refractivity contribution is 14.1. The van der Waals surface area contributed by atoms with E-state index in [1.807, 2.05) is 27.2 Å². The normalized spacial score (nSPS) is 12.3. The maximum Gasteiger partial charge on any atom is 0.138 e. The number of nitrogens with zero attached hydrogens (tertiary/aromatic N) is 2. The first-order chi connectivity index (χ1) is 8.31. The Hall–Kier alpha value is -0.360. The second kappa shape index (κ2) is 4.96. The summed E-state index contributed by atoms with van der Waals surface area (Å²) in [6.07, 6.45) is 0. The molecule has 0 fully saturated rings. The van der Waals surface area contributed by atoms with E-state index in [-0.39, 0.29) is 11.2 Å². The van der Waals surface area contributed by atoms with E-state index >= 15 is 0 Å². The van der Waals surface area contributed by atoms with Gasteiger partial charge in [0.05, 0.1) is 20.5 Å². The summed E-state index contributed by atoms with van der Waals surface area (Å²) in [6.45, 7) is 7.19. The predicted molar refractivity (Wildman–Crippen MR) is 81.4 cm³/mol. The third-order valence-electron chi connectivity index (χ3n) is 2.62. The van der Waals surface area contributed by atoms with Gasteiger partial charge in [0.25, 0.3) is 0 Å². The van der Waals surface area contributed by atoms with Crippen LogP contribution in [0.15, 0.2) is 12.1 Å². The number of rotatable bonds is 2. The van der Waals surface area contributed by atoms with Gasteiger partial charge in [-0.25, -0.2) is 9.37 Å². The number of fused-ring (bicyclic) bond motifs is 1. The van der Waals surface area contributed by atoms with E-state index in [2.05, 4.69) is 25.8 Å². The van der Waals surface area contributed by atoms with Crippen LogP contribution in [0.4, 0.5) is 4.39 Å². The third-order valence-corrected chi connectivity index (χ3v) is 3.69. The lowest BCUT2D eigenvalue weighted by molar-refractivity contribution is 0.344. The van der Waals surface area contributed by atoms with Gasteiger partial charge in [-0.2, -0.15) is 0 Å². The zero-order chi connectivity index (χ0) is 13.5. The SMILES string of the molecule is CC(C)(C)Cn1c(CCl)nc2cc(I)c(F)cc21. The fourth-order valence-corrected chi connectivity index (χ4v) is 2.58. The molecule has 1 aromatic carbocycles. The van der Waals surface area contributed by atoms with Crippen molar-refractivity contribution in [1.29, 1.82) is 0 Å². The molecule has 2 rings (SSSR count). The van der Waals surface area contributed by atoms with Gasteiger partial charge in [0.15, 0.2) is 0 Å². The second-order valence-electron chi connectivity index (χ2n) is 5.56. The quantitative estimate of drug-likeness (QED) is 0.551. The molecule has 1 heterocycles. The lowest BCUT2D eigenvalue weighted by Gasteiger charge is -2.20.